The topological polar surface area (TPSA) is 56.1 Å². The number of nitrogens with zero attached hydrogens (tertiary/aromatic N) is 2. The van der Waals surface area contributed by atoms with Crippen LogP contribution in [0.1, 0.15) is 52.6 Å². The number of amidine groups is 1. The van der Waals surface area contributed by atoms with Crippen LogP contribution in [-0.4, -0.2) is 10.4 Å². The number of nitrogens with one attached hydrogen (secondary N) is 3. The average molecular weight is 754 g/mol. The maximum absolute atomic E-state index is 9.21. The molecule has 5 nitrogen and oxygen atoms in total. The van der Waals surface area contributed by atoms with Gasteiger partial charge in [-0.2, -0.15) is 0 Å². The molecule has 7 aromatic rings. The fraction of sp³-hybridized carbons (Fsp3) is 0.0755. The Labute approximate surface area is 341 Å². The van der Waals surface area contributed by atoms with Gasteiger partial charge in [-0.1, -0.05) is 153 Å². The Morgan fingerprint density at radius 2 is 1.40 bits per heavy atom. The van der Waals surface area contributed by atoms with Gasteiger partial charge in [0.1, 0.15) is 12.0 Å². The first-order valence-electron chi connectivity index (χ1n) is 19.7. The van der Waals surface area contributed by atoms with Crippen LogP contribution in [0.4, 0.5) is 11.4 Å². The Morgan fingerprint density at radius 1 is 0.724 bits per heavy atom. The predicted molar refractivity (Wildman–Crippen MR) is 246 cm³/mol. The highest BCUT2D eigenvalue weighted by atomic mass is 15.2. The zero-order valence-corrected chi connectivity index (χ0v) is 32.9. The smallest absolute Gasteiger partial charge is 0.126 e. The lowest BCUT2D eigenvalue weighted by Gasteiger charge is -2.28. The normalized spacial score (nSPS) is 14.7. The molecule has 0 bridgehead atoms. The van der Waals surface area contributed by atoms with Crippen LogP contribution in [0, 0.1) is 12.3 Å². The lowest BCUT2D eigenvalue weighted by molar-refractivity contribution is 0.444. The van der Waals surface area contributed by atoms with Crippen molar-refractivity contribution < 1.29 is 0 Å². The number of allylic oxidation sites excluding steroid dienone is 6. The number of hydrogen-bond acceptors (Lipinski definition) is 3. The van der Waals surface area contributed by atoms with E-state index in [-0.39, 0.29) is 12.2 Å². The number of fused-ring (bicyclic) bond motifs is 2. The van der Waals surface area contributed by atoms with E-state index in [0.29, 0.717) is 5.84 Å². The quantitative estimate of drug-likeness (QED) is 0.0534. The van der Waals surface area contributed by atoms with Gasteiger partial charge in [0, 0.05) is 57.0 Å². The van der Waals surface area contributed by atoms with Gasteiger partial charge < -0.3 is 14.8 Å². The first kappa shape index (κ1) is 37.7. The maximum atomic E-state index is 9.21. The third-order valence-corrected chi connectivity index (χ3v) is 10.8. The molecule has 1 aliphatic heterocycles. The van der Waals surface area contributed by atoms with Crippen LogP contribution in [-0.2, 0) is 0 Å². The number of anilines is 2. The SMILES string of the molecule is C=C/C=C\c1c(C)n(-c2ccc(C(=N)NC(NC(C)c3ccccc3)c3ccccc3)cc2)c2cc(-c3cccc4c3N(c3ccccc3)/C=C\C=C/C4=C)ccc12. The van der Waals surface area contributed by atoms with Crippen molar-refractivity contribution in [3.63, 3.8) is 0 Å². The summed E-state index contributed by atoms with van der Waals surface area (Å²) in [5.74, 6) is 0.341. The number of para-hydroxylation sites is 2. The van der Waals surface area contributed by atoms with E-state index in [0.717, 1.165) is 72.6 Å². The first-order chi connectivity index (χ1) is 28.4. The largest absolute Gasteiger partial charge is 0.351 e. The molecule has 0 aliphatic carbocycles. The third kappa shape index (κ3) is 7.64. The molecule has 0 saturated carbocycles. The summed E-state index contributed by atoms with van der Waals surface area (Å²) in [6, 6.07) is 52.7. The second-order valence-electron chi connectivity index (χ2n) is 14.5. The van der Waals surface area contributed by atoms with Gasteiger partial charge in [-0.3, -0.25) is 10.7 Å². The van der Waals surface area contributed by atoms with Gasteiger partial charge in [-0.05, 0) is 84.7 Å². The Morgan fingerprint density at radius 3 is 2.10 bits per heavy atom. The summed E-state index contributed by atoms with van der Waals surface area (Å²) in [5, 5.41) is 17.6. The van der Waals surface area contributed by atoms with Crippen LogP contribution in [0.15, 0.2) is 201 Å². The Hall–Kier alpha value is -7.21. The molecule has 284 valence electrons. The highest BCUT2D eigenvalue weighted by molar-refractivity contribution is 6.00. The highest BCUT2D eigenvalue weighted by Crippen LogP contribution is 2.43. The molecule has 0 spiro atoms. The van der Waals surface area contributed by atoms with Gasteiger partial charge in [0.05, 0.1) is 11.2 Å². The molecule has 8 rings (SSSR count). The number of benzene rings is 6. The van der Waals surface area contributed by atoms with Crippen LogP contribution >= 0.6 is 0 Å². The molecule has 0 amide bonds. The van der Waals surface area contributed by atoms with Gasteiger partial charge in [0.2, 0.25) is 0 Å². The minimum absolute atomic E-state index is 0.0668. The zero-order chi connectivity index (χ0) is 40.0. The first-order valence-corrected chi connectivity index (χ1v) is 19.7. The molecule has 3 N–H and O–H groups in total. The van der Waals surface area contributed by atoms with Crippen LogP contribution in [0.3, 0.4) is 0 Å². The molecule has 0 saturated heterocycles. The van der Waals surface area contributed by atoms with Crippen LogP contribution in [0.5, 0.6) is 0 Å². The average Bonchev–Trinajstić information content (AvgIpc) is 3.54. The summed E-state index contributed by atoms with van der Waals surface area (Å²) in [5.41, 5.74) is 13.8. The monoisotopic (exact) mass is 753 g/mol. The summed E-state index contributed by atoms with van der Waals surface area (Å²) in [6.45, 7) is 12.7. The van der Waals surface area contributed by atoms with E-state index in [9.17, 15) is 5.41 Å². The summed E-state index contributed by atoms with van der Waals surface area (Å²) in [4.78, 5) is 2.26. The molecule has 2 heterocycles. The molecule has 0 radical (unpaired) electrons. The lowest BCUT2D eigenvalue weighted by Crippen LogP contribution is -2.39. The van der Waals surface area contributed by atoms with Crippen LogP contribution < -0.4 is 15.5 Å². The summed E-state index contributed by atoms with van der Waals surface area (Å²) < 4.78 is 2.32. The van der Waals surface area contributed by atoms with Crippen molar-refractivity contribution in [3.8, 4) is 16.8 Å². The van der Waals surface area contributed by atoms with Crippen molar-refractivity contribution >= 4 is 39.8 Å². The van der Waals surface area contributed by atoms with Crippen molar-refractivity contribution in [2.75, 3.05) is 4.90 Å². The predicted octanol–water partition coefficient (Wildman–Crippen LogP) is 13.0. The Kier molecular flexibility index (Phi) is 11.0. The van der Waals surface area contributed by atoms with Gasteiger partial charge >= 0.3 is 0 Å². The van der Waals surface area contributed by atoms with Gasteiger partial charge in [0.25, 0.3) is 0 Å². The van der Waals surface area contributed by atoms with Gasteiger partial charge in [0.15, 0.2) is 0 Å². The third-order valence-electron chi connectivity index (χ3n) is 10.8. The molecule has 0 fully saturated rings. The summed E-state index contributed by atoms with van der Waals surface area (Å²) >= 11 is 0. The van der Waals surface area contributed by atoms with Crippen LogP contribution in [0.25, 0.3) is 39.4 Å². The maximum Gasteiger partial charge on any atom is 0.126 e. The fourth-order valence-corrected chi connectivity index (χ4v) is 7.85. The molecule has 1 aromatic heterocycles. The van der Waals surface area contributed by atoms with Crippen LogP contribution in [0.2, 0.25) is 0 Å². The summed E-state index contributed by atoms with van der Waals surface area (Å²) in [6.07, 6.45) is 14.0. The lowest BCUT2D eigenvalue weighted by atomic mass is 9.93. The number of aromatic nitrogens is 1. The van der Waals surface area contributed by atoms with E-state index >= 15 is 0 Å². The van der Waals surface area contributed by atoms with E-state index in [4.69, 9.17) is 0 Å². The Balaban J connectivity index is 1.18. The molecular weight excluding hydrogens is 707 g/mol. The molecular formula is C53H47N5. The van der Waals surface area contributed by atoms with Crippen molar-refractivity contribution in [3.05, 3.63) is 235 Å². The molecule has 1 aliphatic rings. The van der Waals surface area contributed by atoms with E-state index in [1.54, 1.807) is 0 Å². The van der Waals surface area contributed by atoms with E-state index < -0.39 is 0 Å². The van der Waals surface area contributed by atoms with Gasteiger partial charge in [-0.15, -0.1) is 0 Å². The van der Waals surface area contributed by atoms with E-state index in [1.165, 1.54) is 5.56 Å². The van der Waals surface area contributed by atoms with Crippen molar-refractivity contribution in [1.29, 1.82) is 5.41 Å². The number of hydrogen-bond donors (Lipinski definition) is 3. The van der Waals surface area contributed by atoms with Crippen molar-refractivity contribution in [1.82, 2.24) is 15.2 Å². The summed E-state index contributed by atoms with van der Waals surface area (Å²) in [7, 11) is 0. The second-order valence-corrected chi connectivity index (χ2v) is 14.5. The zero-order valence-electron chi connectivity index (χ0n) is 32.9. The minimum atomic E-state index is -0.268. The van der Waals surface area contributed by atoms with E-state index in [1.807, 2.05) is 60.7 Å². The second kappa shape index (κ2) is 16.9. The molecule has 6 aromatic carbocycles. The van der Waals surface area contributed by atoms with Crippen molar-refractivity contribution in [2.45, 2.75) is 26.1 Å². The minimum Gasteiger partial charge on any atom is -0.351 e. The molecule has 58 heavy (non-hydrogen) atoms. The Bertz CT molecular complexity index is 2680. The van der Waals surface area contributed by atoms with Crippen molar-refractivity contribution in [2.24, 2.45) is 0 Å². The van der Waals surface area contributed by atoms with E-state index in [2.05, 4.69) is 181 Å². The molecule has 2 unspecified atom stereocenters. The molecule has 2 atom stereocenters. The standard InChI is InChI=1S/C53H47N5/c1-5-6-26-47-39(4)58(45-32-29-41(30-33-45)52(54)56-53(42-22-12-8-13-23-42)55-38(3)40-20-10-7-11-21-40)50-36-43(31-34-49(47)50)48-28-18-27-46-37(2)19-16-17-35-57(51(46)48)44-24-14-9-15-25-44/h5-36,38,53,55H,1-2H2,3-4H3,(H2,54,56)/b19-16-,26-6-,35-17-. The fourth-order valence-electron chi connectivity index (χ4n) is 7.85. The number of rotatable bonds is 11. The highest BCUT2D eigenvalue weighted by Gasteiger charge is 2.22. The van der Waals surface area contributed by atoms with Gasteiger partial charge in [-0.25, -0.2) is 0 Å². The molecule has 5 heteroatoms.